The number of halogens is 1. The van der Waals surface area contributed by atoms with Crippen LogP contribution in [-0.4, -0.2) is 24.4 Å². The number of carbonyl (C=O) groups is 2. The Morgan fingerprint density at radius 2 is 1.86 bits per heavy atom. The molecule has 4 rings (SSSR count). The Balaban J connectivity index is 1.61. The molecule has 2 aromatic carbocycles. The van der Waals surface area contributed by atoms with Crippen LogP contribution in [0.2, 0.25) is 0 Å². The highest BCUT2D eigenvalue weighted by molar-refractivity contribution is 6.12. The number of anilines is 1. The van der Waals surface area contributed by atoms with Crippen LogP contribution >= 0.6 is 0 Å². The summed E-state index contributed by atoms with van der Waals surface area (Å²) in [5.74, 6) is -0.683. The Morgan fingerprint density at radius 3 is 2.64 bits per heavy atom. The van der Waals surface area contributed by atoms with E-state index in [4.69, 9.17) is 4.74 Å². The Kier molecular flexibility index (Phi) is 5.10. The van der Waals surface area contributed by atoms with Crippen molar-refractivity contribution in [1.29, 1.82) is 0 Å². The molecule has 0 aromatic heterocycles. The number of carbonyl (C=O) groups excluding carboxylic acids is 2. The Bertz CT molecular complexity index is 935. The van der Waals surface area contributed by atoms with Gasteiger partial charge in [-0.25, -0.2) is 4.39 Å². The van der Waals surface area contributed by atoms with Crippen LogP contribution < -0.4 is 15.0 Å². The number of para-hydroxylation sites is 2. The summed E-state index contributed by atoms with van der Waals surface area (Å²) in [6.07, 6.45) is 5.53. The molecular weight excluding hydrogens is 359 g/mol. The highest BCUT2D eigenvalue weighted by Crippen LogP contribution is 2.35. The minimum atomic E-state index is -0.469. The highest BCUT2D eigenvalue weighted by Gasteiger charge is 2.32. The molecule has 1 aliphatic heterocycles. The van der Waals surface area contributed by atoms with E-state index >= 15 is 0 Å². The van der Waals surface area contributed by atoms with Crippen molar-refractivity contribution in [2.75, 3.05) is 11.4 Å². The van der Waals surface area contributed by atoms with Crippen molar-refractivity contribution in [3.63, 3.8) is 0 Å². The van der Waals surface area contributed by atoms with E-state index < -0.39 is 11.7 Å². The maximum atomic E-state index is 14.0. The first-order valence-corrected chi connectivity index (χ1v) is 9.46. The molecule has 0 saturated heterocycles. The Labute approximate surface area is 162 Å². The molecule has 0 radical (unpaired) electrons. The zero-order valence-electron chi connectivity index (χ0n) is 15.4. The van der Waals surface area contributed by atoms with Gasteiger partial charge in [0.25, 0.3) is 5.91 Å². The van der Waals surface area contributed by atoms with Crippen LogP contribution in [0.3, 0.4) is 0 Å². The minimum absolute atomic E-state index is 0.0162. The SMILES string of the molecule is O=C(CN1C(=O)C(=Cc2ccccc2F)Oc2ccccc21)NC1CCCC1. The van der Waals surface area contributed by atoms with Crippen molar-refractivity contribution < 1.29 is 18.7 Å². The number of nitrogens with zero attached hydrogens (tertiary/aromatic N) is 1. The van der Waals surface area contributed by atoms with Crippen LogP contribution in [0.5, 0.6) is 5.75 Å². The first-order valence-electron chi connectivity index (χ1n) is 9.46. The molecule has 1 heterocycles. The van der Waals surface area contributed by atoms with Crippen molar-refractivity contribution >= 4 is 23.6 Å². The van der Waals surface area contributed by atoms with Gasteiger partial charge in [0.1, 0.15) is 12.4 Å². The summed E-state index contributed by atoms with van der Waals surface area (Å²) in [5.41, 5.74) is 0.778. The molecule has 28 heavy (non-hydrogen) atoms. The molecule has 1 fully saturated rings. The second-order valence-corrected chi connectivity index (χ2v) is 7.04. The predicted molar refractivity (Wildman–Crippen MR) is 104 cm³/mol. The van der Waals surface area contributed by atoms with Crippen molar-refractivity contribution in [3.8, 4) is 5.75 Å². The van der Waals surface area contributed by atoms with Crippen LogP contribution in [0.1, 0.15) is 31.2 Å². The second kappa shape index (κ2) is 7.84. The maximum Gasteiger partial charge on any atom is 0.294 e. The summed E-state index contributed by atoms with van der Waals surface area (Å²) in [6.45, 7) is -0.107. The van der Waals surface area contributed by atoms with Gasteiger partial charge in [0.2, 0.25) is 5.91 Å². The van der Waals surface area contributed by atoms with E-state index in [1.807, 2.05) is 0 Å². The topological polar surface area (TPSA) is 58.6 Å². The summed E-state index contributed by atoms with van der Waals surface area (Å²) in [4.78, 5) is 26.9. The Hall–Kier alpha value is -3.15. The van der Waals surface area contributed by atoms with E-state index in [1.54, 1.807) is 42.5 Å². The molecule has 2 aliphatic rings. The Morgan fingerprint density at radius 1 is 1.14 bits per heavy atom. The molecule has 1 N–H and O–H groups in total. The van der Waals surface area contributed by atoms with E-state index in [0.717, 1.165) is 25.7 Å². The fraction of sp³-hybridized carbons (Fsp3) is 0.273. The summed E-state index contributed by atoms with van der Waals surface area (Å²) in [6, 6.07) is 13.3. The first kappa shape index (κ1) is 18.2. The van der Waals surface area contributed by atoms with E-state index in [-0.39, 0.29) is 29.8 Å². The van der Waals surface area contributed by atoms with E-state index in [0.29, 0.717) is 11.4 Å². The van der Waals surface area contributed by atoms with Crippen molar-refractivity contribution in [3.05, 3.63) is 65.7 Å². The van der Waals surface area contributed by atoms with Gasteiger partial charge in [0, 0.05) is 11.6 Å². The molecule has 144 valence electrons. The monoisotopic (exact) mass is 380 g/mol. The smallest absolute Gasteiger partial charge is 0.294 e. The third-order valence-electron chi connectivity index (χ3n) is 5.05. The molecule has 0 unspecified atom stereocenters. The van der Waals surface area contributed by atoms with Gasteiger partial charge in [0.05, 0.1) is 5.69 Å². The quantitative estimate of drug-likeness (QED) is 0.824. The molecule has 0 bridgehead atoms. The van der Waals surface area contributed by atoms with Gasteiger partial charge < -0.3 is 10.1 Å². The molecular formula is C22H21FN2O3. The van der Waals surface area contributed by atoms with Crippen molar-refractivity contribution in [2.24, 2.45) is 0 Å². The number of fused-ring (bicyclic) bond motifs is 1. The molecule has 1 saturated carbocycles. The lowest BCUT2D eigenvalue weighted by Gasteiger charge is -2.30. The lowest BCUT2D eigenvalue weighted by atomic mass is 10.1. The number of hydrogen-bond acceptors (Lipinski definition) is 3. The van der Waals surface area contributed by atoms with Crippen LogP contribution in [0, 0.1) is 5.82 Å². The molecule has 0 atom stereocenters. The summed E-state index contributed by atoms with van der Waals surface area (Å²) in [7, 11) is 0. The van der Waals surface area contributed by atoms with Crippen LogP contribution in [0.4, 0.5) is 10.1 Å². The van der Waals surface area contributed by atoms with Gasteiger partial charge in [-0.1, -0.05) is 43.2 Å². The number of rotatable bonds is 4. The first-order chi connectivity index (χ1) is 13.6. The molecule has 6 heteroatoms. The number of benzene rings is 2. The average Bonchev–Trinajstić information content (AvgIpc) is 3.19. The van der Waals surface area contributed by atoms with Crippen molar-refractivity contribution in [1.82, 2.24) is 5.32 Å². The standard InChI is InChI=1S/C22H21FN2O3/c23-17-10-4-1-7-15(17)13-20-22(27)25(18-11-5-6-12-19(18)28-20)14-21(26)24-16-8-2-3-9-16/h1,4-7,10-13,16H,2-3,8-9,14H2,(H,24,26). The van der Waals surface area contributed by atoms with Crippen molar-refractivity contribution in [2.45, 2.75) is 31.7 Å². The van der Waals surface area contributed by atoms with E-state index in [2.05, 4.69) is 5.32 Å². The van der Waals surface area contributed by atoms with Crippen LogP contribution in [0.25, 0.3) is 6.08 Å². The molecule has 5 nitrogen and oxygen atoms in total. The largest absolute Gasteiger partial charge is 0.449 e. The lowest BCUT2D eigenvalue weighted by Crippen LogP contribution is -2.46. The minimum Gasteiger partial charge on any atom is -0.449 e. The van der Waals surface area contributed by atoms with E-state index in [9.17, 15) is 14.0 Å². The summed E-state index contributed by atoms with van der Waals surface area (Å²) < 4.78 is 19.7. The van der Waals surface area contributed by atoms with Gasteiger partial charge in [0.15, 0.2) is 11.5 Å². The number of amides is 2. The zero-order valence-corrected chi connectivity index (χ0v) is 15.4. The van der Waals surface area contributed by atoms with Gasteiger partial charge in [-0.3, -0.25) is 14.5 Å². The lowest BCUT2D eigenvalue weighted by molar-refractivity contribution is -0.123. The third-order valence-corrected chi connectivity index (χ3v) is 5.05. The average molecular weight is 380 g/mol. The fourth-order valence-corrected chi connectivity index (χ4v) is 3.64. The van der Waals surface area contributed by atoms with Gasteiger partial charge in [-0.2, -0.15) is 0 Å². The van der Waals surface area contributed by atoms with Gasteiger partial charge in [-0.15, -0.1) is 0 Å². The predicted octanol–water partition coefficient (Wildman–Crippen LogP) is 3.65. The molecule has 2 aromatic rings. The van der Waals surface area contributed by atoms with E-state index in [1.165, 1.54) is 17.0 Å². The summed E-state index contributed by atoms with van der Waals surface area (Å²) >= 11 is 0. The number of nitrogens with one attached hydrogen (secondary N) is 1. The normalized spacial score (nSPS) is 18.1. The number of ether oxygens (including phenoxy) is 1. The maximum absolute atomic E-state index is 14.0. The van der Waals surface area contributed by atoms with Crippen LogP contribution in [0.15, 0.2) is 54.3 Å². The molecule has 2 amide bonds. The molecule has 1 aliphatic carbocycles. The second-order valence-electron chi connectivity index (χ2n) is 7.04. The fourth-order valence-electron chi connectivity index (χ4n) is 3.64. The highest BCUT2D eigenvalue weighted by atomic mass is 19.1. The summed E-state index contributed by atoms with van der Waals surface area (Å²) in [5, 5.41) is 3.00. The number of hydrogen-bond donors (Lipinski definition) is 1. The van der Waals surface area contributed by atoms with Gasteiger partial charge in [-0.05, 0) is 37.1 Å². The van der Waals surface area contributed by atoms with Gasteiger partial charge >= 0.3 is 0 Å². The third kappa shape index (κ3) is 3.76. The molecule has 0 spiro atoms. The zero-order chi connectivity index (χ0) is 19.5. The van der Waals surface area contributed by atoms with Crippen LogP contribution in [-0.2, 0) is 9.59 Å².